The number of ether oxygens (including phenoxy) is 1. The van der Waals surface area contributed by atoms with E-state index in [0.717, 1.165) is 48.4 Å². The number of carbonyl (C=O) groups excluding carboxylic acids is 2. The number of rotatable bonds is 6. The molecule has 1 saturated heterocycles. The van der Waals surface area contributed by atoms with Gasteiger partial charge in [0.05, 0.1) is 12.1 Å². The largest absolute Gasteiger partial charge is 0.492 e. The van der Waals surface area contributed by atoms with Crippen LogP contribution in [0.2, 0.25) is 5.02 Å². The number of amides is 2. The standard InChI is InChI=1S/C26H29ClN2O3/c1-17-5-4-10-28(16-17)24-23(20-6-8-21(27)9-7-20)25(30)29(26(24)31)11-12-32-22-14-18(2)13-19(3)15-22/h6-9,13-15,17H,4-5,10-12,16H2,1-3H3. The molecule has 6 heteroatoms. The van der Waals surface area contributed by atoms with Gasteiger partial charge in [0.1, 0.15) is 18.1 Å². The van der Waals surface area contributed by atoms with Gasteiger partial charge in [-0.25, -0.2) is 0 Å². The highest BCUT2D eigenvalue weighted by atomic mass is 35.5. The van der Waals surface area contributed by atoms with Crippen LogP contribution in [0.3, 0.4) is 0 Å². The van der Waals surface area contributed by atoms with Gasteiger partial charge in [-0.1, -0.05) is 36.7 Å². The van der Waals surface area contributed by atoms with Crippen LogP contribution < -0.4 is 4.74 Å². The molecule has 0 bridgehead atoms. The van der Waals surface area contributed by atoms with E-state index in [9.17, 15) is 9.59 Å². The van der Waals surface area contributed by atoms with Crippen LogP contribution in [0.15, 0.2) is 48.2 Å². The van der Waals surface area contributed by atoms with Crippen LogP contribution in [0.4, 0.5) is 0 Å². The number of aryl methyl sites for hydroxylation is 2. The smallest absolute Gasteiger partial charge is 0.277 e. The molecule has 5 nitrogen and oxygen atoms in total. The van der Waals surface area contributed by atoms with E-state index in [4.69, 9.17) is 16.3 Å². The molecule has 0 spiro atoms. The first-order chi connectivity index (χ1) is 15.3. The fourth-order valence-electron chi connectivity index (χ4n) is 4.60. The first kappa shape index (κ1) is 22.4. The van der Waals surface area contributed by atoms with E-state index in [2.05, 4.69) is 17.9 Å². The van der Waals surface area contributed by atoms with Gasteiger partial charge in [-0.2, -0.15) is 0 Å². The number of carbonyl (C=O) groups is 2. The molecule has 168 valence electrons. The van der Waals surface area contributed by atoms with Crippen molar-refractivity contribution in [3.8, 4) is 5.75 Å². The topological polar surface area (TPSA) is 49.9 Å². The number of halogens is 1. The number of imide groups is 1. The van der Waals surface area contributed by atoms with E-state index < -0.39 is 0 Å². The molecule has 0 radical (unpaired) electrons. The van der Waals surface area contributed by atoms with Gasteiger partial charge in [0.25, 0.3) is 11.8 Å². The molecular weight excluding hydrogens is 424 g/mol. The van der Waals surface area contributed by atoms with Crippen molar-refractivity contribution >= 4 is 29.0 Å². The van der Waals surface area contributed by atoms with Crippen molar-refractivity contribution < 1.29 is 14.3 Å². The second-order valence-corrected chi connectivity index (χ2v) is 9.29. The third kappa shape index (κ3) is 4.68. The number of piperidine rings is 1. The average molecular weight is 453 g/mol. The van der Waals surface area contributed by atoms with Gasteiger partial charge in [-0.3, -0.25) is 14.5 Å². The summed E-state index contributed by atoms with van der Waals surface area (Å²) in [6.45, 7) is 8.22. The highest BCUT2D eigenvalue weighted by Crippen LogP contribution is 2.34. The molecule has 2 aromatic rings. The summed E-state index contributed by atoms with van der Waals surface area (Å²) in [5.41, 5.74) is 3.92. The monoisotopic (exact) mass is 452 g/mol. The Bertz CT molecular complexity index is 1040. The molecule has 0 aromatic heterocycles. The van der Waals surface area contributed by atoms with Crippen molar-refractivity contribution in [1.29, 1.82) is 0 Å². The summed E-state index contributed by atoms with van der Waals surface area (Å²) >= 11 is 6.06. The van der Waals surface area contributed by atoms with E-state index in [1.807, 2.05) is 38.1 Å². The second-order valence-electron chi connectivity index (χ2n) is 8.86. The van der Waals surface area contributed by atoms with Gasteiger partial charge in [0.15, 0.2) is 0 Å². The quantitative estimate of drug-likeness (QED) is 0.588. The minimum atomic E-state index is -0.269. The normalized spacial score (nSPS) is 19.2. The zero-order chi connectivity index (χ0) is 22.8. The summed E-state index contributed by atoms with van der Waals surface area (Å²) in [7, 11) is 0. The average Bonchev–Trinajstić information content (AvgIpc) is 2.98. The third-order valence-corrected chi connectivity index (χ3v) is 6.28. The lowest BCUT2D eigenvalue weighted by molar-refractivity contribution is -0.138. The molecule has 1 atom stereocenters. The molecule has 1 unspecified atom stereocenters. The Hall–Kier alpha value is -2.79. The number of benzene rings is 2. The van der Waals surface area contributed by atoms with Crippen molar-refractivity contribution in [3.63, 3.8) is 0 Å². The van der Waals surface area contributed by atoms with Crippen LogP contribution in [-0.4, -0.2) is 47.9 Å². The predicted molar refractivity (Wildman–Crippen MR) is 126 cm³/mol. The highest BCUT2D eigenvalue weighted by Gasteiger charge is 2.42. The molecule has 0 saturated carbocycles. The molecule has 0 aliphatic carbocycles. The molecule has 1 fully saturated rings. The third-order valence-electron chi connectivity index (χ3n) is 6.03. The van der Waals surface area contributed by atoms with Crippen molar-refractivity contribution in [2.45, 2.75) is 33.6 Å². The Morgan fingerprint density at radius 1 is 1.03 bits per heavy atom. The lowest BCUT2D eigenvalue weighted by Gasteiger charge is -2.33. The maximum absolute atomic E-state index is 13.4. The fraction of sp³-hybridized carbons (Fsp3) is 0.385. The lowest BCUT2D eigenvalue weighted by atomic mass is 9.98. The first-order valence-corrected chi connectivity index (χ1v) is 11.5. The SMILES string of the molecule is Cc1cc(C)cc(OCCN2C(=O)C(c3ccc(Cl)cc3)=C(N3CCCC(C)C3)C2=O)c1. The van der Waals surface area contributed by atoms with E-state index >= 15 is 0 Å². The zero-order valence-electron chi connectivity index (χ0n) is 18.9. The lowest BCUT2D eigenvalue weighted by Crippen LogP contribution is -2.40. The molecule has 2 aliphatic rings. The predicted octanol–water partition coefficient (Wildman–Crippen LogP) is 4.85. The fourth-order valence-corrected chi connectivity index (χ4v) is 4.73. The summed E-state index contributed by atoms with van der Waals surface area (Å²) < 4.78 is 5.89. The van der Waals surface area contributed by atoms with Crippen LogP contribution in [0.1, 0.15) is 36.5 Å². The van der Waals surface area contributed by atoms with E-state index in [0.29, 0.717) is 22.2 Å². The van der Waals surface area contributed by atoms with Crippen molar-refractivity contribution in [1.82, 2.24) is 9.80 Å². The maximum atomic E-state index is 13.4. The Balaban J connectivity index is 1.57. The Labute approximate surface area is 194 Å². The summed E-state index contributed by atoms with van der Waals surface area (Å²) in [6.07, 6.45) is 2.14. The van der Waals surface area contributed by atoms with Gasteiger partial charge in [0, 0.05) is 18.1 Å². The van der Waals surface area contributed by atoms with Gasteiger partial charge < -0.3 is 9.64 Å². The molecule has 4 rings (SSSR count). The summed E-state index contributed by atoms with van der Waals surface area (Å²) in [5.74, 6) is 0.720. The number of hydrogen-bond acceptors (Lipinski definition) is 4. The zero-order valence-corrected chi connectivity index (χ0v) is 19.6. The minimum absolute atomic E-state index is 0.203. The summed E-state index contributed by atoms with van der Waals surface area (Å²) in [5, 5.41) is 0.595. The molecular formula is C26H29ClN2O3. The van der Waals surface area contributed by atoms with Crippen LogP contribution in [0.5, 0.6) is 5.75 Å². The van der Waals surface area contributed by atoms with E-state index in [1.54, 1.807) is 12.1 Å². The van der Waals surface area contributed by atoms with Gasteiger partial charge in [-0.15, -0.1) is 0 Å². The molecule has 2 amide bonds. The molecule has 32 heavy (non-hydrogen) atoms. The molecule has 0 N–H and O–H groups in total. The summed E-state index contributed by atoms with van der Waals surface area (Å²) in [4.78, 5) is 30.3. The molecule has 2 aromatic carbocycles. The van der Waals surface area contributed by atoms with E-state index in [-0.39, 0.29) is 25.0 Å². The van der Waals surface area contributed by atoms with Gasteiger partial charge in [0.2, 0.25) is 0 Å². The highest BCUT2D eigenvalue weighted by molar-refractivity contribution is 6.36. The van der Waals surface area contributed by atoms with Crippen molar-refractivity contribution in [3.05, 3.63) is 69.9 Å². The molecule has 2 heterocycles. The number of nitrogens with zero attached hydrogens (tertiary/aromatic N) is 2. The second kappa shape index (κ2) is 9.37. The van der Waals surface area contributed by atoms with Crippen LogP contribution in [0, 0.1) is 19.8 Å². The van der Waals surface area contributed by atoms with Crippen LogP contribution in [0.25, 0.3) is 5.57 Å². The van der Waals surface area contributed by atoms with Gasteiger partial charge in [-0.05, 0) is 73.6 Å². The number of likely N-dealkylation sites (tertiary alicyclic amines) is 1. The minimum Gasteiger partial charge on any atom is -0.492 e. The van der Waals surface area contributed by atoms with E-state index in [1.165, 1.54) is 4.90 Å². The molecule has 2 aliphatic heterocycles. The Kier molecular flexibility index (Phi) is 6.56. The Morgan fingerprint density at radius 3 is 2.38 bits per heavy atom. The van der Waals surface area contributed by atoms with Crippen molar-refractivity contribution in [2.75, 3.05) is 26.2 Å². The maximum Gasteiger partial charge on any atom is 0.277 e. The first-order valence-electron chi connectivity index (χ1n) is 11.2. The van der Waals surface area contributed by atoms with Gasteiger partial charge >= 0.3 is 0 Å². The van der Waals surface area contributed by atoms with Crippen LogP contribution in [-0.2, 0) is 9.59 Å². The number of hydrogen-bond donors (Lipinski definition) is 0. The van der Waals surface area contributed by atoms with Crippen LogP contribution >= 0.6 is 11.6 Å². The van der Waals surface area contributed by atoms with Crippen molar-refractivity contribution in [2.24, 2.45) is 5.92 Å². The Morgan fingerprint density at radius 2 is 1.72 bits per heavy atom. The summed E-state index contributed by atoms with van der Waals surface area (Å²) in [6, 6.07) is 13.1.